The van der Waals surface area contributed by atoms with Gasteiger partial charge in [0.25, 0.3) is 0 Å². The number of thiazole rings is 1. The third-order valence-corrected chi connectivity index (χ3v) is 6.38. The van der Waals surface area contributed by atoms with Crippen LogP contribution in [0.1, 0.15) is 23.3 Å². The van der Waals surface area contributed by atoms with Crippen molar-refractivity contribution in [2.75, 3.05) is 12.3 Å². The molecule has 1 aliphatic heterocycles. The Hall–Kier alpha value is -1.95. The minimum absolute atomic E-state index is 0.500. The van der Waals surface area contributed by atoms with Crippen LogP contribution in [0.25, 0.3) is 16.1 Å². The molecule has 3 heterocycles. The van der Waals surface area contributed by atoms with Crippen LogP contribution < -0.4 is 11.1 Å². The first-order valence-corrected chi connectivity index (χ1v) is 10.3. The SMILES string of the molecule is Nc1nc(-c2cccs2)c(CCC2CC(c3ccccc3)=CCN2)s1. The van der Waals surface area contributed by atoms with Crippen molar-refractivity contribution in [3.05, 3.63) is 64.4 Å². The summed E-state index contributed by atoms with van der Waals surface area (Å²) < 4.78 is 0. The molecule has 0 fully saturated rings. The molecule has 0 aliphatic carbocycles. The molecule has 5 heteroatoms. The molecule has 0 radical (unpaired) electrons. The molecule has 1 unspecified atom stereocenters. The Bertz CT molecular complexity index is 850. The molecule has 0 saturated heterocycles. The molecule has 0 bridgehead atoms. The fourth-order valence-electron chi connectivity index (χ4n) is 3.31. The second kappa shape index (κ2) is 7.52. The van der Waals surface area contributed by atoms with E-state index in [4.69, 9.17) is 5.73 Å². The molecule has 1 atom stereocenters. The van der Waals surface area contributed by atoms with Gasteiger partial charge in [0.1, 0.15) is 0 Å². The van der Waals surface area contributed by atoms with Crippen LogP contribution in [0.4, 0.5) is 5.13 Å². The zero-order valence-electron chi connectivity index (χ0n) is 13.9. The summed E-state index contributed by atoms with van der Waals surface area (Å²) >= 11 is 3.36. The lowest BCUT2D eigenvalue weighted by atomic mass is 9.93. The van der Waals surface area contributed by atoms with Gasteiger partial charge in [-0.1, -0.05) is 42.5 Å². The molecule has 3 aromatic rings. The lowest BCUT2D eigenvalue weighted by molar-refractivity contribution is 0.503. The number of hydrogen-bond acceptors (Lipinski definition) is 5. The van der Waals surface area contributed by atoms with Crippen molar-refractivity contribution in [1.29, 1.82) is 0 Å². The zero-order chi connectivity index (χ0) is 17.1. The monoisotopic (exact) mass is 367 g/mol. The molecule has 128 valence electrons. The lowest BCUT2D eigenvalue weighted by Crippen LogP contribution is -2.33. The molecule has 0 saturated carbocycles. The quantitative estimate of drug-likeness (QED) is 0.679. The van der Waals surface area contributed by atoms with Crippen LogP contribution in [0.15, 0.2) is 53.9 Å². The largest absolute Gasteiger partial charge is 0.375 e. The number of benzene rings is 1. The summed E-state index contributed by atoms with van der Waals surface area (Å²) in [7, 11) is 0. The Kier molecular flexibility index (Phi) is 4.97. The molecular formula is C20H21N3S2. The van der Waals surface area contributed by atoms with Crippen molar-refractivity contribution in [2.24, 2.45) is 0 Å². The number of nitrogens with one attached hydrogen (secondary N) is 1. The first-order chi connectivity index (χ1) is 12.3. The summed E-state index contributed by atoms with van der Waals surface area (Å²) in [6.07, 6.45) is 5.51. The van der Waals surface area contributed by atoms with Crippen LogP contribution in [0.5, 0.6) is 0 Å². The van der Waals surface area contributed by atoms with Crippen molar-refractivity contribution in [2.45, 2.75) is 25.3 Å². The van der Waals surface area contributed by atoms with Crippen molar-refractivity contribution in [1.82, 2.24) is 10.3 Å². The number of rotatable bonds is 5. The number of hydrogen-bond donors (Lipinski definition) is 2. The van der Waals surface area contributed by atoms with Crippen LogP contribution in [0.2, 0.25) is 0 Å². The first-order valence-electron chi connectivity index (χ1n) is 8.56. The van der Waals surface area contributed by atoms with Crippen LogP contribution in [-0.4, -0.2) is 17.6 Å². The Morgan fingerprint density at radius 3 is 2.84 bits per heavy atom. The van der Waals surface area contributed by atoms with Gasteiger partial charge < -0.3 is 11.1 Å². The van der Waals surface area contributed by atoms with Gasteiger partial charge >= 0.3 is 0 Å². The number of aromatic nitrogens is 1. The summed E-state index contributed by atoms with van der Waals surface area (Å²) in [6.45, 7) is 0.942. The van der Waals surface area contributed by atoms with Crippen molar-refractivity contribution in [3.63, 3.8) is 0 Å². The molecule has 1 aromatic carbocycles. The van der Waals surface area contributed by atoms with E-state index in [0.29, 0.717) is 11.2 Å². The van der Waals surface area contributed by atoms with Gasteiger partial charge in [-0.3, -0.25) is 0 Å². The molecule has 3 nitrogen and oxygen atoms in total. The highest BCUT2D eigenvalue weighted by molar-refractivity contribution is 7.17. The van der Waals surface area contributed by atoms with Gasteiger partial charge in [-0.15, -0.1) is 22.7 Å². The summed E-state index contributed by atoms with van der Waals surface area (Å²) in [5, 5.41) is 6.39. The number of nitrogen functional groups attached to an aromatic ring is 1. The van der Waals surface area contributed by atoms with E-state index in [-0.39, 0.29) is 0 Å². The number of thiophene rings is 1. The normalized spacial score (nSPS) is 17.4. The fraction of sp³-hybridized carbons (Fsp3) is 0.250. The maximum atomic E-state index is 5.98. The molecular weight excluding hydrogens is 346 g/mol. The Balaban J connectivity index is 1.44. The van der Waals surface area contributed by atoms with E-state index < -0.39 is 0 Å². The van der Waals surface area contributed by atoms with Gasteiger partial charge in [0.15, 0.2) is 5.13 Å². The molecule has 0 spiro atoms. The van der Waals surface area contributed by atoms with Crippen molar-refractivity contribution >= 4 is 33.4 Å². The second-order valence-electron chi connectivity index (χ2n) is 6.24. The third-order valence-electron chi connectivity index (χ3n) is 4.55. The van der Waals surface area contributed by atoms with E-state index in [1.54, 1.807) is 22.7 Å². The molecule has 0 amide bonds. The average molecular weight is 368 g/mol. The maximum absolute atomic E-state index is 5.98. The van der Waals surface area contributed by atoms with E-state index in [0.717, 1.165) is 31.5 Å². The highest BCUT2D eigenvalue weighted by atomic mass is 32.1. The van der Waals surface area contributed by atoms with E-state index >= 15 is 0 Å². The summed E-state index contributed by atoms with van der Waals surface area (Å²) in [4.78, 5) is 7.07. The minimum Gasteiger partial charge on any atom is -0.375 e. The van der Waals surface area contributed by atoms with Gasteiger partial charge in [-0.2, -0.15) is 0 Å². The summed E-state index contributed by atoms with van der Waals surface area (Å²) in [6, 6.07) is 15.4. The fourth-order valence-corrected chi connectivity index (χ4v) is 4.98. The van der Waals surface area contributed by atoms with Crippen LogP contribution in [0, 0.1) is 0 Å². The maximum Gasteiger partial charge on any atom is 0.180 e. The number of nitrogens with two attached hydrogens (primary N) is 1. The topological polar surface area (TPSA) is 50.9 Å². The van der Waals surface area contributed by atoms with E-state index in [1.807, 2.05) is 0 Å². The molecule has 4 rings (SSSR count). The second-order valence-corrected chi connectivity index (χ2v) is 8.31. The van der Waals surface area contributed by atoms with E-state index in [1.165, 1.54) is 20.9 Å². The summed E-state index contributed by atoms with van der Waals surface area (Å²) in [5.41, 5.74) is 9.85. The number of anilines is 1. The Labute approximate surface area is 156 Å². The van der Waals surface area contributed by atoms with Crippen molar-refractivity contribution in [3.8, 4) is 10.6 Å². The Morgan fingerprint density at radius 1 is 1.16 bits per heavy atom. The molecule has 3 N–H and O–H groups in total. The van der Waals surface area contributed by atoms with Crippen LogP contribution >= 0.6 is 22.7 Å². The minimum atomic E-state index is 0.500. The predicted octanol–water partition coefficient (Wildman–Crippen LogP) is 4.83. The van der Waals surface area contributed by atoms with Gasteiger partial charge in [0, 0.05) is 17.5 Å². The predicted molar refractivity (Wildman–Crippen MR) is 109 cm³/mol. The van der Waals surface area contributed by atoms with Gasteiger partial charge in [0.2, 0.25) is 0 Å². The molecule has 25 heavy (non-hydrogen) atoms. The highest BCUT2D eigenvalue weighted by Crippen LogP contribution is 2.34. The molecule has 1 aliphatic rings. The standard InChI is InChI=1S/C20H21N3S2/c21-20-23-19(17-7-4-12-24-17)18(25-20)9-8-16-13-15(10-11-22-16)14-5-2-1-3-6-14/h1-7,10,12,16,22H,8-9,11,13H2,(H2,21,23). The number of nitrogens with zero attached hydrogens (tertiary/aromatic N) is 1. The van der Waals surface area contributed by atoms with Crippen molar-refractivity contribution < 1.29 is 0 Å². The van der Waals surface area contributed by atoms with E-state index in [9.17, 15) is 0 Å². The third kappa shape index (κ3) is 3.84. The molecule has 2 aromatic heterocycles. The summed E-state index contributed by atoms with van der Waals surface area (Å²) in [5.74, 6) is 0. The highest BCUT2D eigenvalue weighted by Gasteiger charge is 2.18. The number of aryl methyl sites for hydroxylation is 1. The zero-order valence-corrected chi connectivity index (χ0v) is 15.6. The lowest BCUT2D eigenvalue weighted by Gasteiger charge is -2.24. The van der Waals surface area contributed by atoms with Gasteiger partial charge in [-0.25, -0.2) is 4.98 Å². The van der Waals surface area contributed by atoms with E-state index in [2.05, 4.69) is 64.2 Å². The Morgan fingerprint density at radius 2 is 2.04 bits per heavy atom. The average Bonchev–Trinajstić information content (AvgIpc) is 3.30. The van der Waals surface area contributed by atoms with Crippen LogP contribution in [-0.2, 0) is 6.42 Å². The van der Waals surface area contributed by atoms with Gasteiger partial charge in [-0.05, 0) is 41.8 Å². The smallest absolute Gasteiger partial charge is 0.180 e. The van der Waals surface area contributed by atoms with Gasteiger partial charge in [0.05, 0.1) is 10.6 Å². The first kappa shape index (κ1) is 16.5. The van der Waals surface area contributed by atoms with Crippen LogP contribution in [0.3, 0.4) is 0 Å².